The van der Waals surface area contributed by atoms with Gasteiger partial charge in [-0.1, -0.05) is 30.3 Å². The van der Waals surface area contributed by atoms with Crippen molar-refractivity contribution in [2.24, 2.45) is 5.92 Å². The van der Waals surface area contributed by atoms with Gasteiger partial charge < -0.3 is 5.32 Å². The SMILES string of the molecule is O=C(NC1(c2ccccc2)CCC1)C1CCCN(S(=O)(=O)c2ccc(F)cc2)C1. The van der Waals surface area contributed by atoms with Crippen LogP contribution in [-0.2, 0) is 20.4 Å². The molecule has 29 heavy (non-hydrogen) atoms. The monoisotopic (exact) mass is 416 g/mol. The zero-order chi connectivity index (χ0) is 20.5. The van der Waals surface area contributed by atoms with Crippen LogP contribution in [0.1, 0.15) is 37.7 Å². The fraction of sp³-hybridized carbons (Fsp3) is 0.409. The Balaban J connectivity index is 1.48. The van der Waals surface area contributed by atoms with E-state index in [-0.39, 0.29) is 28.8 Å². The van der Waals surface area contributed by atoms with Gasteiger partial charge in [-0.05, 0) is 61.9 Å². The van der Waals surface area contributed by atoms with Crippen molar-refractivity contribution < 1.29 is 17.6 Å². The first-order chi connectivity index (χ1) is 13.9. The number of carbonyl (C=O) groups is 1. The molecular weight excluding hydrogens is 391 g/mol. The molecule has 2 aliphatic rings. The molecule has 2 aromatic carbocycles. The topological polar surface area (TPSA) is 66.5 Å². The highest BCUT2D eigenvalue weighted by Gasteiger charge is 2.42. The molecule has 1 N–H and O–H groups in total. The Morgan fingerprint density at radius 1 is 1.03 bits per heavy atom. The summed E-state index contributed by atoms with van der Waals surface area (Å²) < 4.78 is 40.3. The third kappa shape index (κ3) is 3.94. The van der Waals surface area contributed by atoms with E-state index in [0.29, 0.717) is 19.4 Å². The van der Waals surface area contributed by atoms with E-state index in [0.717, 1.165) is 37.0 Å². The predicted molar refractivity (Wildman–Crippen MR) is 108 cm³/mol. The first-order valence-corrected chi connectivity index (χ1v) is 11.5. The van der Waals surface area contributed by atoms with E-state index >= 15 is 0 Å². The minimum absolute atomic E-state index is 0.0553. The second-order valence-corrected chi connectivity index (χ2v) is 9.88. The molecule has 1 saturated carbocycles. The Morgan fingerprint density at radius 3 is 2.34 bits per heavy atom. The lowest BCUT2D eigenvalue weighted by atomic mass is 9.71. The first kappa shape index (κ1) is 20.0. The number of carbonyl (C=O) groups excluding carboxylic acids is 1. The standard InChI is InChI=1S/C22H25FN2O3S/c23-19-9-11-20(12-10-19)29(27,28)25-15-4-6-17(16-25)21(26)24-22(13-5-14-22)18-7-2-1-3-8-18/h1-3,7-12,17H,4-6,13-16H2,(H,24,26). The van der Waals surface area contributed by atoms with E-state index in [2.05, 4.69) is 5.32 Å². The number of benzene rings is 2. The molecular formula is C22H25FN2O3S. The van der Waals surface area contributed by atoms with Crippen molar-refractivity contribution in [3.63, 3.8) is 0 Å². The summed E-state index contributed by atoms with van der Waals surface area (Å²) >= 11 is 0. The number of hydrogen-bond acceptors (Lipinski definition) is 3. The van der Waals surface area contributed by atoms with Crippen molar-refractivity contribution in [1.82, 2.24) is 9.62 Å². The molecule has 1 saturated heterocycles. The number of piperidine rings is 1. The molecule has 154 valence electrons. The maximum atomic E-state index is 13.2. The molecule has 1 atom stereocenters. The number of sulfonamides is 1. The lowest BCUT2D eigenvalue weighted by molar-refractivity contribution is -0.129. The number of amides is 1. The summed E-state index contributed by atoms with van der Waals surface area (Å²) in [5, 5.41) is 3.23. The van der Waals surface area contributed by atoms with Crippen LogP contribution in [0, 0.1) is 11.7 Å². The Hall–Kier alpha value is -2.25. The highest BCUT2D eigenvalue weighted by atomic mass is 32.2. The molecule has 1 aliphatic heterocycles. The van der Waals surface area contributed by atoms with Gasteiger partial charge in [-0.2, -0.15) is 4.31 Å². The molecule has 2 aromatic rings. The number of nitrogens with zero attached hydrogens (tertiary/aromatic N) is 1. The van der Waals surface area contributed by atoms with Gasteiger partial charge in [0.25, 0.3) is 0 Å². The number of nitrogens with one attached hydrogen (secondary N) is 1. The van der Waals surface area contributed by atoms with Crippen LogP contribution in [0.2, 0.25) is 0 Å². The third-order valence-electron chi connectivity index (χ3n) is 6.10. The van der Waals surface area contributed by atoms with E-state index < -0.39 is 15.8 Å². The maximum Gasteiger partial charge on any atom is 0.243 e. The van der Waals surface area contributed by atoms with Gasteiger partial charge in [0.1, 0.15) is 5.82 Å². The maximum absolute atomic E-state index is 13.2. The summed E-state index contributed by atoms with van der Waals surface area (Å²) in [5.74, 6) is -0.959. The van der Waals surface area contributed by atoms with E-state index in [1.807, 2.05) is 30.3 Å². The average molecular weight is 417 g/mol. The van der Waals surface area contributed by atoms with Crippen LogP contribution in [0.3, 0.4) is 0 Å². The van der Waals surface area contributed by atoms with Crippen molar-refractivity contribution in [2.75, 3.05) is 13.1 Å². The predicted octanol–water partition coefficient (Wildman–Crippen LogP) is 3.42. The molecule has 0 radical (unpaired) electrons. The molecule has 0 spiro atoms. The molecule has 5 nitrogen and oxygen atoms in total. The molecule has 0 bridgehead atoms. The summed E-state index contributed by atoms with van der Waals surface area (Å²) in [7, 11) is -3.75. The van der Waals surface area contributed by atoms with Gasteiger partial charge in [-0.25, -0.2) is 12.8 Å². The van der Waals surface area contributed by atoms with Crippen molar-refractivity contribution in [2.45, 2.75) is 42.5 Å². The third-order valence-corrected chi connectivity index (χ3v) is 7.98. The van der Waals surface area contributed by atoms with Crippen LogP contribution in [0.15, 0.2) is 59.5 Å². The summed E-state index contributed by atoms with van der Waals surface area (Å²) in [5.41, 5.74) is 0.766. The second-order valence-electron chi connectivity index (χ2n) is 7.95. The lowest BCUT2D eigenvalue weighted by Gasteiger charge is -2.44. The first-order valence-electron chi connectivity index (χ1n) is 10.0. The van der Waals surface area contributed by atoms with E-state index in [1.165, 1.54) is 16.4 Å². The Kier molecular flexibility index (Phi) is 5.44. The molecule has 0 aromatic heterocycles. The van der Waals surface area contributed by atoms with Gasteiger partial charge in [0, 0.05) is 13.1 Å². The Bertz CT molecular complexity index is 973. The zero-order valence-electron chi connectivity index (χ0n) is 16.2. The zero-order valence-corrected chi connectivity index (χ0v) is 17.0. The van der Waals surface area contributed by atoms with Gasteiger partial charge in [-0.15, -0.1) is 0 Å². The van der Waals surface area contributed by atoms with Gasteiger partial charge in [-0.3, -0.25) is 4.79 Å². The number of halogens is 1. The van der Waals surface area contributed by atoms with Crippen LogP contribution in [0.4, 0.5) is 4.39 Å². The van der Waals surface area contributed by atoms with Crippen molar-refractivity contribution >= 4 is 15.9 Å². The lowest BCUT2D eigenvalue weighted by Crippen LogP contribution is -2.54. The fourth-order valence-electron chi connectivity index (χ4n) is 4.24. The highest BCUT2D eigenvalue weighted by molar-refractivity contribution is 7.89. The summed E-state index contributed by atoms with van der Waals surface area (Å²) in [4.78, 5) is 13.1. The minimum Gasteiger partial charge on any atom is -0.346 e. The van der Waals surface area contributed by atoms with Gasteiger partial charge >= 0.3 is 0 Å². The van der Waals surface area contributed by atoms with Crippen LogP contribution >= 0.6 is 0 Å². The molecule has 1 aliphatic carbocycles. The van der Waals surface area contributed by atoms with Gasteiger partial charge in [0.2, 0.25) is 15.9 Å². The van der Waals surface area contributed by atoms with Crippen LogP contribution in [0.25, 0.3) is 0 Å². The smallest absolute Gasteiger partial charge is 0.243 e. The molecule has 4 rings (SSSR count). The molecule has 2 fully saturated rings. The average Bonchev–Trinajstić information content (AvgIpc) is 2.71. The summed E-state index contributed by atoms with van der Waals surface area (Å²) in [6, 6.07) is 14.8. The Labute approximate surface area is 171 Å². The van der Waals surface area contributed by atoms with Crippen molar-refractivity contribution in [1.29, 1.82) is 0 Å². The van der Waals surface area contributed by atoms with Crippen LogP contribution in [0.5, 0.6) is 0 Å². The number of hydrogen-bond donors (Lipinski definition) is 1. The van der Waals surface area contributed by atoms with E-state index in [1.54, 1.807) is 0 Å². The van der Waals surface area contributed by atoms with E-state index in [4.69, 9.17) is 0 Å². The summed E-state index contributed by atoms with van der Waals surface area (Å²) in [6.45, 7) is 0.518. The minimum atomic E-state index is -3.75. The largest absolute Gasteiger partial charge is 0.346 e. The number of rotatable bonds is 5. The van der Waals surface area contributed by atoms with Crippen LogP contribution < -0.4 is 5.32 Å². The fourth-order valence-corrected chi connectivity index (χ4v) is 5.77. The van der Waals surface area contributed by atoms with Gasteiger partial charge in [0.15, 0.2) is 0 Å². The van der Waals surface area contributed by atoms with E-state index in [9.17, 15) is 17.6 Å². The van der Waals surface area contributed by atoms with Gasteiger partial charge in [0.05, 0.1) is 16.4 Å². The molecule has 1 heterocycles. The van der Waals surface area contributed by atoms with Crippen molar-refractivity contribution in [3.8, 4) is 0 Å². The van der Waals surface area contributed by atoms with Crippen LogP contribution in [-0.4, -0.2) is 31.7 Å². The normalized spacial score (nSPS) is 21.9. The Morgan fingerprint density at radius 2 is 1.72 bits per heavy atom. The quantitative estimate of drug-likeness (QED) is 0.812. The summed E-state index contributed by atoms with van der Waals surface area (Å²) in [6.07, 6.45) is 4.13. The van der Waals surface area contributed by atoms with Crippen molar-refractivity contribution in [3.05, 3.63) is 66.0 Å². The molecule has 1 amide bonds. The molecule has 7 heteroatoms. The highest BCUT2D eigenvalue weighted by Crippen LogP contribution is 2.41. The molecule has 1 unspecified atom stereocenters. The second kappa shape index (κ2) is 7.88.